The fraction of sp³-hybridized carbons (Fsp3) is 0.458. The minimum Gasteiger partial charge on any atom is -0.368 e. The van der Waals surface area contributed by atoms with E-state index in [1.54, 1.807) is 12.1 Å². The van der Waals surface area contributed by atoms with Gasteiger partial charge in [0.05, 0.1) is 46.9 Å². The third-order valence-electron chi connectivity index (χ3n) is 6.94. The van der Waals surface area contributed by atoms with E-state index in [0.717, 1.165) is 12.8 Å². The van der Waals surface area contributed by atoms with Gasteiger partial charge in [-0.05, 0) is 31.4 Å². The number of nitrogens with zero attached hydrogens (tertiary/aromatic N) is 8. The van der Waals surface area contributed by atoms with E-state index in [1.165, 1.54) is 10.7 Å². The maximum atomic E-state index is 14.1. The van der Waals surface area contributed by atoms with Crippen LogP contribution in [0.15, 0.2) is 18.3 Å². The number of piperazine rings is 1. The van der Waals surface area contributed by atoms with E-state index in [1.807, 2.05) is 0 Å². The molecule has 2 N–H and O–H groups in total. The highest BCUT2D eigenvalue weighted by molar-refractivity contribution is 6.36. The summed E-state index contributed by atoms with van der Waals surface area (Å²) in [4.78, 5) is 13.1. The first-order chi connectivity index (χ1) is 18.0. The van der Waals surface area contributed by atoms with Gasteiger partial charge in [0.25, 0.3) is 0 Å². The zero-order valence-corrected chi connectivity index (χ0v) is 20.6. The van der Waals surface area contributed by atoms with E-state index in [-0.39, 0.29) is 17.7 Å². The average Bonchev–Trinajstić information content (AvgIpc) is 3.46. The first kappa shape index (κ1) is 23.7. The van der Waals surface area contributed by atoms with E-state index in [0.29, 0.717) is 78.7 Å². The number of aromatic nitrogens is 4. The molecule has 2 atom stereocenters. The fourth-order valence-corrected chi connectivity index (χ4v) is 5.11. The third-order valence-corrected chi connectivity index (χ3v) is 7.34. The summed E-state index contributed by atoms with van der Waals surface area (Å²) in [6, 6.07) is 7.78. The second-order valence-corrected chi connectivity index (χ2v) is 9.77. The number of alkyl halides is 1. The number of rotatable bonds is 6. The molecule has 3 fully saturated rings. The van der Waals surface area contributed by atoms with E-state index < -0.39 is 6.36 Å². The van der Waals surface area contributed by atoms with E-state index >= 15 is 0 Å². The molecule has 1 aliphatic carbocycles. The summed E-state index contributed by atoms with van der Waals surface area (Å²) in [6.07, 6.45) is 2.97. The Hall–Kier alpha value is -3.71. The molecule has 0 bridgehead atoms. The minimum atomic E-state index is -1.25. The van der Waals surface area contributed by atoms with Crippen LogP contribution in [0, 0.1) is 22.7 Å². The first-order valence-electron chi connectivity index (χ1n) is 12.2. The number of imidazole rings is 1. The summed E-state index contributed by atoms with van der Waals surface area (Å²) in [5, 5.41) is 30.5. The number of hydrogen-bond donors (Lipinski definition) is 2. The lowest BCUT2D eigenvalue weighted by atomic mass is 10.1. The Labute approximate surface area is 217 Å². The second-order valence-electron chi connectivity index (χ2n) is 9.39. The molecule has 4 heterocycles. The molecule has 1 saturated carbocycles. The molecule has 2 aromatic heterocycles. The van der Waals surface area contributed by atoms with Gasteiger partial charge in [-0.3, -0.25) is 4.90 Å². The highest BCUT2D eigenvalue weighted by Crippen LogP contribution is 2.37. The average molecular weight is 523 g/mol. The lowest BCUT2D eigenvalue weighted by molar-refractivity contribution is -0.0327. The van der Waals surface area contributed by atoms with E-state index in [2.05, 4.69) is 47.6 Å². The van der Waals surface area contributed by atoms with Crippen molar-refractivity contribution < 1.29 is 9.13 Å². The molecular formula is C24H24ClFN10O. The lowest BCUT2D eigenvalue weighted by Crippen LogP contribution is -2.52. The summed E-state index contributed by atoms with van der Waals surface area (Å²) >= 11 is 6.85. The monoisotopic (exact) mass is 522 g/mol. The Bertz CT molecular complexity index is 1420. The van der Waals surface area contributed by atoms with Crippen molar-refractivity contribution in [3.63, 3.8) is 0 Å². The molecule has 190 valence electrons. The number of hydrogen-bond acceptors (Lipinski definition) is 10. The predicted octanol–water partition coefficient (Wildman–Crippen LogP) is 3.05. The topological polar surface area (TPSA) is 130 Å². The number of halogens is 2. The van der Waals surface area contributed by atoms with Crippen molar-refractivity contribution in [2.45, 2.75) is 37.7 Å². The number of nitriles is 2. The highest BCUT2D eigenvalue weighted by atomic mass is 35.5. The molecule has 0 spiro atoms. The van der Waals surface area contributed by atoms with Crippen molar-refractivity contribution in [2.24, 2.45) is 0 Å². The van der Waals surface area contributed by atoms with Crippen LogP contribution >= 0.6 is 11.6 Å². The maximum Gasteiger partial charge on any atom is 0.247 e. The van der Waals surface area contributed by atoms with Crippen molar-refractivity contribution in [1.82, 2.24) is 24.5 Å². The van der Waals surface area contributed by atoms with Gasteiger partial charge in [-0.1, -0.05) is 11.6 Å². The normalized spacial score (nSPS) is 22.1. The largest absolute Gasteiger partial charge is 0.368 e. The van der Waals surface area contributed by atoms with Crippen LogP contribution in [0.5, 0.6) is 0 Å². The van der Waals surface area contributed by atoms with Gasteiger partial charge in [0.15, 0.2) is 17.2 Å². The summed E-state index contributed by atoms with van der Waals surface area (Å²) in [7, 11) is 0. The van der Waals surface area contributed by atoms with Crippen molar-refractivity contribution in [2.75, 3.05) is 48.3 Å². The second kappa shape index (κ2) is 9.63. The van der Waals surface area contributed by atoms with Crippen molar-refractivity contribution in [1.29, 1.82) is 10.5 Å². The Kier molecular flexibility index (Phi) is 6.16. The van der Waals surface area contributed by atoms with Crippen LogP contribution in [0.2, 0.25) is 5.02 Å². The maximum absolute atomic E-state index is 14.1. The summed E-state index contributed by atoms with van der Waals surface area (Å²) in [5.74, 6) is 0.737. The molecule has 0 unspecified atom stereocenters. The molecule has 6 rings (SSSR count). The van der Waals surface area contributed by atoms with Crippen LogP contribution in [0.1, 0.15) is 30.5 Å². The van der Waals surface area contributed by atoms with Gasteiger partial charge in [0.1, 0.15) is 6.07 Å². The molecule has 3 aromatic rings. The number of fused-ring (bicyclic) bond motifs is 1. The Balaban J connectivity index is 1.28. The Morgan fingerprint density at radius 2 is 1.92 bits per heavy atom. The van der Waals surface area contributed by atoms with Crippen molar-refractivity contribution in [3.8, 4) is 12.1 Å². The molecule has 2 saturated heterocycles. The standard InChI is InChI=1S/C24H24ClFN10O/c25-20-17(31-24-32-22(30-15-1-2-15)23-29-13-16(12-28)36(23)33-24)9-14(11-27)10-19(20)35-6-4-34(5-7-35)18-3-8-37-21(18)26/h9-10,13,15,18,21H,1-8H2,(H2,30,31,32,33)/t18-,21+/m1/s1. The molecule has 13 heteroatoms. The van der Waals surface area contributed by atoms with Crippen LogP contribution in [0.4, 0.5) is 27.5 Å². The Morgan fingerprint density at radius 3 is 2.59 bits per heavy atom. The molecule has 0 amide bonds. The smallest absolute Gasteiger partial charge is 0.247 e. The molecular weight excluding hydrogens is 499 g/mol. The molecule has 1 aromatic carbocycles. The van der Waals surface area contributed by atoms with Crippen LogP contribution in [0.25, 0.3) is 5.65 Å². The number of anilines is 4. The molecule has 37 heavy (non-hydrogen) atoms. The summed E-state index contributed by atoms with van der Waals surface area (Å²) in [5.41, 5.74) is 2.35. The lowest BCUT2D eigenvalue weighted by Gasteiger charge is -2.39. The molecule has 0 radical (unpaired) electrons. The van der Waals surface area contributed by atoms with Gasteiger partial charge >= 0.3 is 0 Å². The summed E-state index contributed by atoms with van der Waals surface area (Å²) in [6.45, 7) is 3.04. The predicted molar refractivity (Wildman–Crippen MR) is 135 cm³/mol. The molecule has 11 nitrogen and oxygen atoms in total. The Morgan fingerprint density at radius 1 is 1.11 bits per heavy atom. The van der Waals surface area contributed by atoms with Gasteiger partial charge in [-0.25, -0.2) is 9.37 Å². The van der Waals surface area contributed by atoms with E-state index in [4.69, 9.17) is 16.3 Å². The quantitative estimate of drug-likeness (QED) is 0.498. The van der Waals surface area contributed by atoms with Gasteiger partial charge < -0.3 is 20.3 Å². The summed E-state index contributed by atoms with van der Waals surface area (Å²) < 4.78 is 20.6. The number of benzene rings is 1. The third kappa shape index (κ3) is 4.60. The first-order valence-corrected chi connectivity index (χ1v) is 12.6. The van der Waals surface area contributed by atoms with Crippen molar-refractivity contribution in [3.05, 3.63) is 34.6 Å². The number of ether oxygens (including phenoxy) is 1. The van der Waals surface area contributed by atoms with Crippen LogP contribution in [0.3, 0.4) is 0 Å². The van der Waals surface area contributed by atoms with E-state index in [9.17, 15) is 14.9 Å². The molecule has 2 aliphatic heterocycles. The van der Waals surface area contributed by atoms with Crippen LogP contribution in [-0.2, 0) is 4.74 Å². The van der Waals surface area contributed by atoms with Crippen LogP contribution in [-0.4, -0.2) is 75.7 Å². The van der Waals surface area contributed by atoms with Crippen molar-refractivity contribution >= 4 is 40.4 Å². The van der Waals surface area contributed by atoms with Crippen LogP contribution < -0.4 is 15.5 Å². The van der Waals surface area contributed by atoms with Gasteiger partial charge in [-0.15, -0.1) is 5.10 Å². The minimum absolute atomic E-state index is 0.215. The zero-order chi connectivity index (χ0) is 25.5. The number of nitrogens with one attached hydrogen (secondary N) is 2. The fourth-order valence-electron chi connectivity index (χ4n) is 4.83. The van der Waals surface area contributed by atoms with Gasteiger partial charge in [0.2, 0.25) is 12.3 Å². The highest BCUT2D eigenvalue weighted by Gasteiger charge is 2.35. The molecule has 3 aliphatic rings. The SMILES string of the molecule is N#Cc1cc(Nc2nc(NC3CC3)c3ncc(C#N)n3n2)c(Cl)c(N2CCN([C@@H]3CCO[C@@H]3F)CC2)c1. The van der Waals surface area contributed by atoms with Gasteiger partial charge in [-0.2, -0.15) is 20.0 Å². The zero-order valence-electron chi connectivity index (χ0n) is 19.9. The van der Waals surface area contributed by atoms with Gasteiger partial charge in [0, 0.05) is 32.2 Å².